The Labute approximate surface area is 81.3 Å². The molecule has 2 atom stereocenters. The van der Waals surface area contributed by atoms with Gasteiger partial charge >= 0.3 is 0 Å². The number of hydrogen-bond acceptors (Lipinski definition) is 2. The van der Waals surface area contributed by atoms with Gasteiger partial charge in [-0.3, -0.25) is 0 Å². The quantitative estimate of drug-likeness (QED) is 0.639. The highest BCUT2D eigenvalue weighted by atomic mass is 35.5. The molecule has 2 N–H and O–H groups in total. The molecule has 1 heterocycles. The Morgan fingerprint density at radius 3 is 2.27 bits per heavy atom. The smallest absolute Gasteiger partial charge is 0.00786 e. The molecule has 0 aromatic heterocycles. The van der Waals surface area contributed by atoms with E-state index < -0.39 is 0 Å². The first-order valence-electron chi connectivity index (χ1n) is 3.66. The fourth-order valence-corrected chi connectivity index (χ4v) is 1.33. The molecule has 11 heavy (non-hydrogen) atoms. The van der Waals surface area contributed by atoms with Crippen LogP contribution in [-0.2, 0) is 0 Å². The number of hydrogen-bond donors (Lipinski definition) is 1. The lowest BCUT2D eigenvalue weighted by atomic mass is 10.0. The van der Waals surface area contributed by atoms with Crippen molar-refractivity contribution < 1.29 is 0 Å². The van der Waals surface area contributed by atoms with Crippen LogP contribution >= 0.6 is 24.8 Å². The molecule has 0 aromatic rings. The largest absolute Gasteiger partial charge is 0.328 e. The number of likely N-dealkylation sites (tertiary alicyclic amines) is 1. The van der Waals surface area contributed by atoms with Crippen molar-refractivity contribution in [1.29, 1.82) is 0 Å². The second kappa shape index (κ2) is 6.06. The monoisotopic (exact) mass is 200 g/mol. The van der Waals surface area contributed by atoms with Gasteiger partial charge in [0.05, 0.1) is 0 Å². The number of nitrogens with zero attached hydrogens (tertiary/aromatic N) is 1. The van der Waals surface area contributed by atoms with Crippen molar-refractivity contribution in [2.24, 2.45) is 5.73 Å². The van der Waals surface area contributed by atoms with E-state index in [0.29, 0.717) is 12.1 Å². The van der Waals surface area contributed by atoms with E-state index in [1.807, 2.05) is 0 Å². The number of halogens is 2. The van der Waals surface area contributed by atoms with Gasteiger partial charge in [-0.05, 0) is 33.4 Å². The molecule has 0 unspecified atom stereocenters. The molecular formula is C7H18Cl2N2. The zero-order chi connectivity index (χ0) is 6.85. The van der Waals surface area contributed by atoms with Crippen LogP contribution in [0.1, 0.15) is 19.8 Å². The van der Waals surface area contributed by atoms with Gasteiger partial charge in [-0.15, -0.1) is 24.8 Å². The van der Waals surface area contributed by atoms with E-state index in [1.165, 1.54) is 13.0 Å². The van der Waals surface area contributed by atoms with Crippen LogP contribution in [0, 0.1) is 0 Å². The van der Waals surface area contributed by atoms with Crippen molar-refractivity contribution in [2.75, 3.05) is 13.6 Å². The van der Waals surface area contributed by atoms with Gasteiger partial charge in [-0.2, -0.15) is 0 Å². The Balaban J connectivity index is 0. The van der Waals surface area contributed by atoms with Gasteiger partial charge in [-0.1, -0.05) is 0 Å². The molecule has 0 bridgehead atoms. The minimum atomic E-state index is 0. The van der Waals surface area contributed by atoms with Gasteiger partial charge in [0.1, 0.15) is 0 Å². The van der Waals surface area contributed by atoms with Gasteiger partial charge in [0, 0.05) is 12.1 Å². The van der Waals surface area contributed by atoms with Crippen LogP contribution in [0.5, 0.6) is 0 Å². The predicted octanol–water partition coefficient (Wildman–Crippen LogP) is 1.27. The first-order valence-corrected chi connectivity index (χ1v) is 3.66. The third kappa shape index (κ3) is 4.16. The van der Waals surface area contributed by atoms with Gasteiger partial charge in [0.25, 0.3) is 0 Å². The van der Waals surface area contributed by atoms with Gasteiger partial charge in [0.15, 0.2) is 0 Å². The molecule has 2 nitrogen and oxygen atoms in total. The van der Waals surface area contributed by atoms with Crippen LogP contribution in [0.4, 0.5) is 0 Å². The van der Waals surface area contributed by atoms with E-state index in [0.717, 1.165) is 6.42 Å². The summed E-state index contributed by atoms with van der Waals surface area (Å²) in [6.45, 7) is 3.40. The Kier molecular flexibility index (Phi) is 7.75. The molecule has 1 aliphatic heterocycles. The minimum absolute atomic E-state index is 0. The zero-order valence-corrected chi connectivity index (χ0v) is 8.75. The topological polar surface area (TPSA) is 29.3 Å². The molecule has 0 amide bonds. The Bertz CT molecular complexity index is 100. The normalized spacial score (nSPS) is 31.9. The standard InChI is InChI=1S/C7H16N2.2ClH/c1-6-5-7(8)3-4-9(6)2;;/h6-7H,3-5,8H2,1-2H3;2*1H/t6-,7+;;/m0../s1. The molecule has 1 fully saturated rings. The highest BCUT2D eigenvalue weighted by molar-refractivity contribution is 5.85. The highest BCUT2D eigenvalue weighted by Gasteiger charge is 2.18. The first-order chi connectivity index (χ1) is 4.20. The van der Waals surface area contributed by atoms with Crippen LogP contribution in [0.25, 0.3) is 0 Å². The van der Waals surface area contributed by atoms with E-state index in [2.05, 4.69) is 18.9 Å². The summed E-state index contributed by atoms with van der Waals surface area (Å²) < 4.78 is 0. The molecule has 1 aliphatic rings. The Morgan fingerprint density at radius 1 is 1.36 bits per heavy atom. The average Bonchev–Trinajstić information content (AvgIpc) is 1.80. The van der Waals surface area contributed by atoms with Crippen molar-refractivity contribution in [3.8, 4) is 0 Å². The third-order valence-electron chi connectivity index (χ3n) is 2.25. The van der Waals surface area contributed by atoms with Gasteiger partial charge in [0.2, 0.25) is 0 Å². The first kappa shape index (κ1) is 14.0. The Hall–Kier alpha value is 0.500. The summed E-state index contributed by atoms with van der Waals surface area (Å²) in [6.07, 6.45) is 2.33. The fraction of sp³-hybridized carbons (Fsp3) is 1.00. The predicted molar refractivity (Wildman–Crippen MR) is 53.8 cm³/mol. The van der Waals surface area contributed by atoms with E-state index in [9.17, 15) is 0 Å². The Morgan fingerprint density at radius 2 is 1.91 bits per heavy atom. The number of nitrogens with two attached hydrogens (primary N) is 1. The van der Waals surface area contributed by atoms with Crippen molar-refractivity contribution >= 4 is 24.8 Å². The number of rotatable bonds is 0. The summed E-state index contributed by atoms with van der Waals surface area (Å²) in [6, 6.07) is 1.14. The lowest BCUT2D eigenvalue weighted by Crippen LogP contribution is -2.43. The molecule has 70 valence electrons. The van der Waals surface area contributed by atoms with Crippen molar-refractivity contribution in [1.82, 2.24) is 4.90 Å². The third-order valence-corrected chi connectivity index (χ3v) is 2.25. The van der Waals surface area contributed by atoms with Crippen molar-refractivity contribution in [3.05, 3.63) is 0 Å². The molecule has 0 radical (unpaired) electrons. The molecular weight excluding hydrogens is 183 g/mol. The summed E-state index contributed by atoms with van der Waals surface area (Å²) in [5.74, 6) is 0. The van der Waals surface area contributed by atoms with Crippen molar-refractivity contribution in [2.45, 2.75) is 31.8 Å². The highest BCUT2D eigenvalue weighted by Crippen LogP contribution is 2.12. The van der Waals surface area contributed by atoms with E-state index >= 15 is 0 Å². The summed E-state index contributed by atoms with van der Waals surface area (Å²) in [5.41, 5.74) is 5.76. The van der Waals surface area contributed by atoms with Crippen LogP contribution in [0.15, 0.2) is 0 Å². The average molecular weight is 201 g/mol. The van der Waals surface area contributed by atoms with Crippen LogP contribution < -0.4 is 5.73 Å². The van der Waals surface area contributed by atoms with Crippen LogP contribution in [0.3, 0.4) is 0 Å². The molecule has 0 saturated carbocycles. The summed E-state index contributed by atoms with van der Waals surface area (Å²) in [5, 5.41) is 0. The lowest BCUT2D eigenvalue weighted by Gasteiger charge is -2.33. The van der Waals surface area contributed by atoms with E-state index in [-0.39, 0.29) is 24.8 Å². The SMILES string of the molecule is C[C@H]1C[C@H](N)CCN1C.Cl.Cl. The maximum absolute atomic E-state index is 5.76. The molecule has 0 aromatic carbocycles. The maximum Gasteiger partial charge on any atom is 0.00786 e. The van der Waals surface area contributed by atoms with Gasteiger partial charge in [-0.25, -0.2) is 0 Å². The number of piperidine rings is 1. The molecule has 0 aliphatic carbocycles. The summed E-state index contributed by atoms with van der Waals surface area (Å²) in [7, 11) is 2.16. The molecule has 4 heteroatoms. The molecule has 0 spiro atoms. The minimum Gasteiger partial charge on any atom is -0.328 e. The second-order valence-corrected chi connectivity index (χ2v) is 3.11. The van der Waals surface area contributed by atoms with E-state index in [4.69, 9.17) is 5.73 Å². The maximum atomic E-state index is 5.76. The van der Waals surface area contributed by atoms with Gasteiger partial charge < -0.3 is 10.6 Å². The van der Waals surface area contributed by atoms with Crippen LogP contribution in [-0.4, -0.2) is 30.6 Å². The molecule has 1 saturated heterocycles. The lowest BCUT2D eigenvalue weighted by molar-refractivity contribution is 0.184. The second-order valence-electron chi connectivity index (χ2n) is 3.11. The van der Waals surface area contributed by atoms with Crippen molar-refractivity contribution in [3.63, 3.8) is 0 Å². The summed E-state index contributed by atoms with van der Waals surface area (Å²) in [4.78, 5) is 2.36. The van der Waals surface area contributed by atoms with E-state index in [1.54, 1.807) is 0 Å². The fourth-order valence-electron chi connectivity index (χ4n) is 1.33. The summed E-state index contributed by atoms with van der Waals surface area (Å²) >= 11 is 0. The molecule has 1 rings (SSSR count). The zero-order valence-electron chi connectivity index (χ0n) is 7.12. The van der Waals surface area contributed by atoms with Crippen LogP contribution in [0.2, 0.25) is 0 Å².